The third kappa shape index (κ3) is 5.63. The molecule has 0 bridgehead atoms. The van der Waals surface area contributed by atoms with Gasteiger partial charge in [-0.3, -0.25) is 4.79 Å². The smallest absolute Gasteiger partial charge is 0.342 e. The first-order valence-electron chi connectivity index (χ1n) is 8.20. The van der Waals surface area contributed by atoms with Crippen molar-refractivity contribution in [1.29, 1.82) is 0 Å². The zero-order valence-electron chi connectivity index (χ0n) is 13.9. The van der Waals surface area contributed by atoms with Gasteiger partial charge >= 0.3 is 5.97 Å². The summed E-state index contributed by atoms with van der Waals surface area (Å²) in [6.45, 7) is 2.02. The fraction of sp³-hybridized carbons (Fsp3) is 0.444. The van der Waals surface area contributed by atoms with Gasteiger partial charge in [-0.25, -0.2) is 4.79 Å². The van der Waals surface area contributed by atoms with Crippen LogP contribution < -0.4 is 5.32 Å². The number of halogens is 3. The number of allylic oxidation sites excluding steroid dienone is 1. The maximum atomic E-state index is 12.2. The molecule has 0 unspecified atom stereocenters. The number of rotatable bonds is 6. The fourth-order valence-electron chi connectivity index (χ4n) is 2.61. The molecule has 0 fully saturated rings. The van der Waals surface area contributed by atoms with E-state index in [9.17, 15) is 9.59 Å². The lowest BCUT2D eigenvalue weighted by atomic mass is 9.97. The Labute approximate surface area is 162 Å². The zero-order chi connectivity index (χ0) is 18.4. The predicted octanol–water partition coefficient (Wildman–Crippen LogP) is 5.20. The highest BCUT2D eigenvalue weighted by Crippen LogP contribution is 2.32. The van der Waals surface area contributed by atoms with Gasteiger partial charge in [0.15, 0.2) is 6.10 Å². The lowest BCUT2D eigenvalue weighted by Crippen LogP contribution is -2.36. The van der Waals surface area contributed by atoms with Crippen molar-refractivity contribution >= 4 is 46.7 Å². The molecule has 4 nitrogen and oxygen atoms in total. The van der Waals surface area contributed by atoms with Gasteiger partial charge in [0.25, 0.3) is 5.91 Å². The number of hydrogen-bond acceptors (Lipinski definition) is 3. The van der Waals surface area contributed by atoms with Gasteiger partial charge < -0.3 is 10.1 Å². The van der Waals surface area contributed by atoms with Crippen LogP contribution in [0, 0.1) is 0 Å². The number of ether oxygens (including phenoxy) is 1. The van der Waals surface area contributed by atoms with Crippen LogP contribution in [-0.4, -0.2) is 24.5 Å². The summed E-state index contributed by atoms with van der Waals surface area (Å²) in [6, 6.07) is 2.94. The quantitative estimate of drug-likeness (QED) is 0.403. The number of hydrogen-bond donors (Lipinski definition) is 1. The van der Waals surface area contributed by atoms with Gasteiger partial charge in [0.2, 0.25) is 0 Å². The Hall–Kier alpha value is -1.23. The SMILES string of the molecule is C[C@@H](OC(=O)c1c(Cl)ccc(Cl)c1Cl)C(=O)NCCC1=CCCCC1. The lowest BCUT2D eigenvalue weighted by Gasteiger charge is -2.16. The van der Waals surface area contributed by atoms with Crippen LogP contribution in [0.15, 0.2) is 23.8 Å². The van der Waals surface area contributed by atoms with Gasteiger partial charge in [-0.1, -0.05) is 46.5 Å². The summed E-state index contributed by atoms with van der Waals surface area (Å²) >= 11 is 17.9. The fourth-order valence-corrected chi connectivity index (χ4v) is 3.29. The Balaban J connectivity index is 1.87. The molecule has 1 aliphatic carbocycles. The highest BCUT2D eigenvalue weighted by molar-refractivity contribution is 6.46. The van der Waals surface area contributed by atoms with E-state index in [1.165, 1.54) is 37.5 Å². The average Bonchev–Trinajstić information content (AvgIpc) is 2.59. The van der Waals surface area contributed by atoms with Gasteiger partial charge in [-0.2, -0.15) is 0 Å². The van der Waals surface area contributed by atoms with E-state index in [2.05, 4.69) is 11.4 Å². The minimum absolute atomic E-state index is 0.0102. The molecule has 1 aromatic rings. The molecule has 0 spiro atoms. The van der Waals surface area contributed by atoms with Crippen LogP contribution in [0.25, 0.3) is 0 Å². The van der Waals surface area contributed by atoms with Gasteiger partial charge in [0, 0.05) is 6.54 Å². The van der Waals surface area contributed by atoms with Crippen molar-refractivity contribution in [1.82, 2.24) is 5.32 Å². The van der Waals surface area contributed by atoms with Crippen LogP contribution in [-0.2, 0) is 9.53 Å². The van der Waals surface area contributed by atoms with Crippen LogP contribution >= 0.6 is 34.8 Å². The standard InChI is InChI=1S/C18H20Cl3NO3/c1-11(17(23)22-10-9-12-5-3-2-4-6-12)25-18(24)15-13(19)7-8-14(20)16(15)21/h5,7-8,11H,2-4,6,9-10H2,1H3,(H,22,23)/t11-/m1/s1. The Morgan fingerprint density at radius 1 is 1.20 bits per heavy atom. The molecule has 25 heavy (non-hydrogen) atoms. The van der Waals surface area contributed by atoms with E-state index in [4.69, 9.17) is 39.5 Å². The largest absolute Gasteiger partial charge is 0.449 e. The van der Waals surface area contributed by atoms with Crippen molar-refractivity contribution in [3.8, 4) is 0 Å². The molecule has 7 heteroatoms. The number of carbonyl (C=O) groups is 2. The second-order valence-corrected chi connectivity index (χ2v) is 7.11. The molecule has 0 heterocycles. The monoisotopic (exact) mass is 403 g/mol. The Kier molecular flexibility index (Phi) is 7.60. The third-order valence-corrected chi connectivity index (χ3v) is 5.15. The maximum Gasteiger partial charge on any atom is 0.342 e. The van der Waals surface area contributed by atoms with Crippen molar-refractivity contribution in [3.05, 3.63) is 44.4 Å². The molecule has 136 valence electrons. The summed E-state index contributed by atoms with van der Waals surface area (Å²) in [6.07, 6.45) is 6.73. The minimum atomic E-state index is -0.959. The number of nitrogens with one attached hydrogen (secondary N) is 1. The van der Waals surface area contributed by atoms with Gasteiger partial charge in [0.1, 0.15) is 0 Å². The van der Waals surface area contributed by atoms with Gasteiger partial charge in [0.05, 0.1) is 20.6 Å². The molecule has 0 radical (unpaired) electrons. The number of benzene rings is 1. The topological polar surface area (TPSA) is 55.4 Å². The molecule has 0 aliphatic heterocycles. The highest BCUT2D eigenvalue weighted by atomic mass is 35.5. The summed E-state index contributed by atoms with van der Waals surface area (Å²) < 4.78 is 5.16. The predicted molar refractivity (Wildman–Crippen MR) is 101 cm³/mol. The maximum absolute atomic E-state index is 12.2. The normalized spacial score (nSPS) is 15.3. The molecular formula is C18H20Cl3NO3. The number of esters is 1. The second-order valence-electron chi connectivity index (χ2n) is 5.91. The molecule has 1 N–H and O–H groups in total. The number of amides is 1. The van der Waals surface area contributed by atoms with Crippen LogP contribution in [0.5, 0.6) is 0 Å². The summed E-state index contributed by atoms with van der Waals surface area (Å²) in [5.41, 5.74) is 1.33. The first kappa shape index (κ1) is 20.1. The lowest BCUT2D eigenvalue weighted by molar-refractivity contribution is -0.129. The van der Waals surface area contributed by atoms with Crippen molar-refractivity contribution in [2.24, 2.45) is 0 Å². The summed E-state index contributed by atoms with van der Waals surface area (Å²) in [5.74, 6) is -1.14. The molecule has 1 atom stereocenters. The van der Waals surface area contributed by atoms with E-state index in [-0.39, 0.29) is 26.5 Å². The van der Waals surface area contributed by atoms with E-state index in [1.54, 1.807) is 0 Å². The molecule has 1 aromatic carbocycles. The van der Waals surface area contributed by atoms with E-state index in [0.717, 1.165) is 19.3 Å². The Morgan fingerprint density at radius 3 is 2.60 bits per heavy atom. The molecule has 2 rings (SSSR count). The van der Waals surface area contributed by atoms with Crippen molar-refractivity contribution in [3.63, 3.8) is 0 Å². The summed E-state index contributed by atoms with van der Waals surface area (Å²) in [5, 5.41) is 3.10. The summed E-state index contributed by atoms with van der Waals surface area (Å²) in [7, 11) is 0. The van der Waals surface area contributed by atoms with E-state index in [1.807, 2.05) is 0 Å². The van der Waals surface area contributed by atoms with Crippen LogP contribution in [0.2, 0.25) is 15.1 Å². The van der Waals surface area contributed by atoms with Crippen molar-refractivity contribution in [2.45, 2.75) is 45.1 Å². The summed E-state index contributed by atoms with van der Waals surface area (Å²) in [4.78, 5) is 24.3. The van der Waals surface area contributed by atoms with Gasteiger partial charge in [-0.15, -0.1) is 0 Å². The molecule has 0 saturated heterocycles. The van der Waals surface area contributed by atoms with E-state index < -0.39 is 12.1 Å². The third-order valence-electron chi connectivity index (χ3n) is 4.03. The molecule has 0 aromatic heterocycles. The Morgan fingerprint density at radius 2 is 1.92 bits per heavy atom. The molecule has 1 aliphatic rings. The molecule has 1 amide bonds. The van der Waals surface area contributed by atoms with Crippen LogP contribution in [0.1, 0.15) is 49.4 Å². The average molecular weight is 405 g/mol. The van der Waals surface area contributed by atoms with Gasteiger partial charge in [-0.05, 0) is 51.2 Å². The second kappa shape index (κ2) is 9.46. The first-order valence-corrected chi connectivity index (χ1v) is 9.33. The molecule has 0 saturated carbocycles. The minimum Gasteiger partial charge on any atom is -0.449 e. The first-order chi connectivity index (χ1) is 11.9. The van der Waals surface area contributed by atoms with Crippen LogP contribution in [0.3, 0.4) is 0 Å². The number of carbonyl (C=O) groups excluding carboxylic acids is 2. The molecular weight excluding hydrogens is 385 g/mol. The van der Waals surface area contributed by atoms with Crippen molar-refractivity contribution in [2.75, 3.05) is 6.54 Å². The van der Waals surface area contributed by atoms with E-state index >= 15 is 0 Å². The highest BCUT2D eigenvalue weighted by Gasteiger charge is 2.23. The van der Waals surface area contributed by atoms with Crippen molar-refractivity contribution < 1.29 is 14.3 Å². The Bertz CT molecular complexity index is 688. The van der Waals surface area contributed by atoms with E-state index in [0.29, 0.717) is 6.54 Å². The zero-order valence-corrected chi connectivity index (χ0v) is 16.2. The van der Waals surface area contributed by atoms with Crippen LogP contribution in [0.4, 0.5) is 0 Å².